The molecule has 8 aromatic carbocycles. The lowest BCUT2D eigenvalue weighted by molar-refractivity contribution is 0.660. The minimum atomic E-state index is -0.178. The Bertz CT molecular complexity index is 3700. The highest BCUT2D eigenvalue weighted by atomic mass is 16.3. The maximum atomic E-state index is 6.63. The SMILES string of the molecule is CC1(C)c2ccccc2-c2c1ccc1c3ccccc3n(-c3nc(-c4ccc5c(c4)oc4cccc(-c6ccccc6)c45)nc(-n4c5ccccc5c5ccccc54)n3)c21. The molecule has 1 aliphatic carbocycles. The van der Waals surface area contributed by atoms with Crippen LogP contribution < -0.4 is 0 Å². The monoisotopic (exact) mass is 769 g/mol. The zero-order valence-corrected chi connectivity index (χ0v) is 32.9. The van der Waals surface area contributed by atoms with Gasteiger partial charge in [0, 0.05) is 48.9 Å². The Hall–Kier alpha value is -7.83. The Morgan fingerprint density at radius 2 is 1.03 bits per heavy atom. The van der Waals surface area contributed by atoms with Crippen LogP contribution in [0.2, 0.25) is 0 Å². The zero-order valence-electron chi connectivity index (χ0n) is 32.9. The van der Waals surface area contributed by atoms with Crippen molar-refractivity contribution in [2.45, 2.75) is 19.3 Å². The van der Waals surface area contributed by atoms with Crippen molar-refractivity contribution in [1.29, 1.82) is 0 Å². The first kappa shape index (κ1) is 33.2. The van der Waals surface area contributed by atoms with Gasteiger partial charge in [-0.3, -0.25) is 9.13 Å². The second kappa shape index (κ2) is 12.1. The third-order valence-corrected chi connectivity index (χ3v) is 12.8. The predicted octanol–water partition coefficient (Wildman–Crippen LogP) is 13.6. The summed E-state index contributed by atoms with van der Waals surface area (Å²) in [6.07, 6.45) is 0. The second-order valence-electron chi connectivity index (χ2n) is 16.4. The molecule has 0 amide bonds. The van der Waals surface area contributed by atoms with E-state index in [1.807, 2.05) is 12.1 Å². The maximum Gasteiger partial charge on any atom is 0.240 e. The van der Waals surface area contributed by atoms with Gasteiger partial charge in [-0.15, -0.1) is 0 Å². The first-order chi connectivity index (χ1) is 29.5. The van der Waals surface area contributed by atoms with Crippen molar-refractivity contribution >= 4 is 65.6 Å². The number of hydrogen-bond donors (Lipinski definition) is 0. The number of nitrogens with zero attached hydrogens (tertiary/aromatic N) is 5. The van der Waals surface area contributed by atoms with Gasteiger partial charge in [-0.2, -0.15) is 15.0 Å². The Kier molecular flexibility index (Phi) is 6.69. The lowest BCUT2D eigenvalue weighted by Crippen LogP contribution is -2.15. The van der Waals surface area contributed by atoms with E-state index in [1.165, 1.54) is 22.3 Å². The molecule has 0 unspecified atom stereocenters. The van der Waals surface area contributed by atoms with Crippen molar-refractivity contribution in [3.63, 3.8) is 0 Å². The van der Waals surface area contributed by atoms with Crippen molar-refractivity contribution in [2.75, 3.05) is 0 Å². The number of para-hydroxylation sites is 3. The molecule has 282 valence electrons. The molecule has 0 atom stereocenters. The normalized spacial score (nSPS) is 13.3. The Balaban J connectivity index is 1.13. The van der Waals surface area contributed by atoms with Gasteiger partial charge in [0.25, 0.3) is 0 Å². The molecule has 0 N–H and O–H groups in total. The molecule has 0 saturated carbocycles. The summed E-state index contributed by atoms with van der Waals surface area (Å²) in [7, 11) is 0. The Labute approximate surface area is 344 Å². The van der Waals surface area contributed by atoms with Gasteiger partial charge in [-0.05, 0) is 64.2 Å². The average Bonchev–Trinajstić information content (AvgIpc) is 4.01. The molecule has 6 nitrogen and oxygen atoms in total. The molecule has 1 aliphatic rings. The quantitative estimate of drug-likeness (QED) is 0.179. The molecular formula is C54H35N5O. The highest BCUT2D eigenvalue weighted by Crippen LogP contribution is 2.53. The van der Waals surface area contributed by atoms with Gasteiger partial charge >= 0.3 is 0 Å². The summed E-state index contributed by atoms with van der Waals surface area (Å²) in [5.41, 5.74) is 13.8. The summed E-state index contributed by atoms with van der Waals surface area (Å²) in [4.78, 5) is 16.3. The number of hydrogen-bond acceptors (Lipinski definition) is 4. The fourth-order valence-corrected chi connectivity index (χ4v) is 10.1. The van der Waals surface area contributed by atoms with Gasteiger partial charge in [-0.25, -0.2) is 0 Å². The predicted molar refractivity (Wildman–Crippen MR) is 244 cm³/mol. The standard InChI is InChI=1S/C54H35N5O/c1-54(2)41-22-10-6-20-39(41)49-42(54)30-29-38-37-19-9-13-25-45(37)59(50(38)49)53-56-51(55-52(57-53)58-43-23-11-7-17-35(43)36-18-8-12-24-44(36)58)33-27-28-40-47(31-33)60-46-26-14-21-34(48(40)46)32-15-4-3-5-16-32/h3-31H,1-2H3. The summed E-state index contributed by atoms with van der Waals surface area (Å²) in [5.74, 6) is 1.65. The lowest BCUT2D eigenvalue weighted by Gasteiger charge is -2.21. The highest BCUT2D eigenvalue weighted by molar-refractivity contribution is 6.16. The largest absolute Gasteiger partial charge is 0.456 e. The van der Waals surface area contributed by atoms with Crippen molar-refractivity contribution in [1.82, 2.24) is 24.1 Å². The molecule has 6 heteroatoms. The molecule has 0 aliphatic heterocycles. The topological polar surface area (TPSA) is 61.7 Å². The Morgan fingerprint density at radius 1 is 0.433 bits per heavy atom. The number of aromatic nitrogens is 5. The van der Waals surface area contributed by atoms with Crippen LogP contribution in [0.5, 0.6) is 0 Å². The van der Waals surface area contributed by atoms with E-state index < -0.39 is 0 Å². The van der Waals surface area contributed by atoms with Crippen molar-refractivity contribution in [2.24, 2.45) is 0 Å². The molecule has 4 heterocycles. The summed E-state index contributed by atoms with van der Waals surface area (Å²) in [5, 5.41) is 6.73. The number of benzene rings is 8. The van der Waals surface area contributed by atoms with Gasteiger partial charge in [0.1, 0.15) is 11.2 Å². The number of fused-ring (bicyclic) bond motifs is 13. The maximum absolute atomic E-state index is 6.63. The third kappa shape index (κ3) is 4.50. The van der Waals surface area contributed by atoms with E-state index in [2.05, 4.69) is 187 Å². The number of rotatable bonds is 4. The van der Waals surface area contributed by atoms with Crippen LogP contribution >= 0.6 is 0 Å². The second-order valence-corrected chi connectivity index (χ2v) is 16.4. The Morgan fingerprint density at radius 3 is 1.78 bits per heavy atom. The van der Waals surface area contributed by atoms with E-state index in [1.54, 1.807) is 0 Å². The van der Waals surface area contributed by atoms with Crippen LogP contribution in [0.25, 0.3) is 111 Å². The molecule has 0 spiro atoms. The van der Waals surface area contributed by atoms with Crippen molar-refractivity contribution in [3.8, 4) is 45.5 Å². The van der Waals surface area contributed by atoms with E-state index in [0.29, 0.717) is 17.7 Å². The van der Waals surface area contributed by atoms with E-state index in [9.17, 15) is 0 Å². The smallest absolute Gasteiger partial charge is 0.240 e. The van der Waals surface area contributed by atoms with E-state index in [0.717, 1.165) is 82.2 Å². The third-order valence-electron chi connectivity index (χ3n) is 12.8. The molecule has 0 radical (unpaired) electrons. The summed E-state index contributed by atoms with van der Waals surface area (Å²) >= 11 is 0. The van der Waals surface area contributed by atoms with Crippen LogP contribution in [0, 0.1) is 0 Å². The molecule has 60 heavy (non-hydrogen) atoms. The fraction of sp³-hybridized carbons (Fsp3) is 0.0556. The van der Waals surface area contributed by atoms with E-state index in [-0.39, 0.29) is 5.41 Å². The molecule has 0 saturated heterocycles. The van der Waals surface area contributed by atoms with Crippen LogP contribution in [0.3, 0.4) is 0 Å². The minimum absolute atomic E-state index is 0.178. The van der Waals surface area contributed by atoms with Crippen LogP contribution in [0.1, 0.15) is 25.0 Å². The van der Waals surface area contributed by atoms with E-state index >= 15 is 0 Å². The fourth-order valence-electron chi connectivity index (χ4n) is 10.1. The molecule has 12 aromatic rings. The van der Waals surface area contributed by atoms with Crippen molar-refractivity contribution in [3.05, 3.63) is 187 Å². The first-order valence-corrected chi connectivity index (χ1v) is 20.5. The first-order valence-electron chi connectivity index (χ1n) is 20.5. The zero-order chi connectivity index (χ0) is 39.7. The van der Waals surface area contributed by atoms with Gasteiger partial charge < -0.3 is 4.42 Å². The van der Waals surface area contributed by atoms with Crippen LogP contribution in [-0.2, 0) is 5.41 Å². The van der Waals surface area contributed by atoms with Gasteiger partial charge in [0.05, 0.1) is 22.1 Å². The summed E-state index contributed by atoms with van der Waals surface area (Å²) in [6, 6.07) is 62.2. The van der Waals surface area contributed by atoms with Gasteiger partial charge in [0.15, 0.2) is 5.82 Å². The summed E-state index contributed by atoms with van der Waals surface area (Å²) < 4.78 is 11.1. The average molecular weight is 770 g/mol. The van der Waals surface area contributed by atoms with Gasteiger partial charge in [-0.1, -0.05) is 153 Å². The molecule has 4 aromatic heterocycles. The minimum Gasteiger partial charge on any atom is -0.456 e. The highest BCUT2D eigenvalue weighted by Gasteiger charge is 2.38. The lowest BCUT2D eigenvalue weighted by atomic mass is 9.82. The number of furan rings is 1. The molecular weight excluding hydrogens is 735 g/mol. The van der Waals surface area contributed by atoms with Gasteiger partial charge in [0.2, 0.25) is 11.9 Å². The van der Waals surface area contributed by atoms with Crippen LogP contribution in [-0.4, -0.2) is 24.1 Å². The van der Waals surface area contributed by atoms with Crippen LogP contribution in [0.15, 0.2) is 180 Å². The van der Waals surface area contributed by atoms with Crippen LogP contribution in [0.4, 0.5) is 0 Å². The molecule has 0 fully saturated rings. The molecule has 0 bridgehead atoms. The molecule has 13 rings (SSSR count). The van der Waals surface area contributed by atoms with E-state index in [4.69, 9.17) is 19.4 Å². The summed E-state index contributed by atoms with van der Waals surface area (Å²) in [6.45, 7) is 4.66. The van der Waals surface area contributed by atoms with Crippen molar-refractivity contribution < 1.29 is 4.42 Å².